The fourth-order valence-corrected chi connectivity index (χ4v) is 10.3. The van der Waals surface area contributed by atoms with E-state index in [1.165, 1.54) is 18.1 Å². The van der Waals surface area contributed by atoms with Crippen LogP contribution in [0.2, 0.25) is 0 Å². The number of esters is 1. The molecule has 0 amide bonds. The smallest absolute Gasteiger partial charge is 0.303 e. The second-order valence-electron chi connectivity index (χ2n) is 15.9. The van der Waals surface area contributed by atoms with E-state index in [4.69, 9.17) is 14.2 Å². The average Bonchev–Trinajstić information content (AvgIpc) is 3.23. The maximum absolute atomic E-state index is 12.5. The van der Waals surface area contributed by atoms with Gasteiger partial charge in [-0.05, 0) is 105 Å². The second kappa shape index (κ2) is 12.7. The molecule has 1 heterocycles. The second-order valence-corrected chi connectivity index (χ2v) is 15.9. The number of aliphatic hydroxyl groups excluding tert-OH is 4. The van der Waals surface area contributed by atoms with Crippen molar-refractivity contribution in [3.63, 3.8) is 0 Å². The zero-order valence-electron chi connectivity index (χ0n) is 27.9. The van der Waals surface area contributed by atoms with Crippen LogP contribution in [0, 0.1) is 46.3 Å². The first-order chi connectivity index (χ1) is 20.6. The summed E-state index contributed by atoms with van der Waals surface area (Å²) in [5.74, 6) is 1.46. The number of hydrogen-bond acceptors (Lipinski definition) is 8. The van der Waals surface area contributed by atoms with E-state index in [-0.39, 0.29) is 52.9 Å². The van der Waals surface area contributed by atoms with Crippen molar-refractivity contribution in [3.8, 4) is 0 Å². The Hall–Kier alpha value is -1.29. The van der Waals surface area contributed by atoms with Crippen LogP contribution in [0.3, 0.4) is 0 Å². The van der Waals surface area contributed by atoms with E-state index >= 15 is 0 Å². The highest BCUT2D eigenvalue weighted by atomic mass is 16.7. The maximum Gasteiger partial charge on any atom is 0.303 e. The fourth-order valence-electron chi connectivity index (χ4n) is 10.3. The molecule has 1 saturated heterocycles. The van der Waals surface area contributed by atoms with Gasteiger partial charge in [-0.25, -0.2) is 0 Å². The Bertz CT molecular complexity index is 1100. The summed E-state index contributed by atoms with van der Waals surface area (Å²) in [6, 6.07) is 0. The molecule has 44 heavy (non-hydrogen) atoms. The van der Waals surface area contributed by atoms with Crippen molar-refractivity contribution >= 4 is 5.97 Å². The summed E-state index contributed by atoms with van der Waals surface area (Å²) in [5.41, 5.74) is 2.38. The highest BCUT2D eigenvalue weighted by Crippen LogP contribution is 2.67. The molecule has 0 aromatic rings. The summed E-state index contributed by atoms with van der Waals surface area (Å²) in [6.45, 7) is 18.9. The summed E-state index contributed by atoms with van der Waals surface area (Å²) >= 11 is 0. The van der Waals surface area contributed by atoms with Crippen LogP contribution in [-0.4, -0.2) is 75.4 Å². The van der Waals surface area contributed by atoms with Crippen LogP contribution in [-0.2, 0) is 19.0 Å². The molecule has 5 aliphatic rings. The van der Waals surface area contributed by atoms with Gasteiger partial charge in [0.2, 0.25) is 0 Å². The molecular formula is C36H58O8. The first-order valence-electron chi connectivity index (χ1n) is 17.2. The number of carbonyl (C=O) groups is 1. The van der Waals surface area contributed by atoms with E-state index in [2.05, 4.69) is 47.3 Å². The standard InChI is InChI=1S/C36H58O8/c1-18(2)19(3)9-10-20(4)30-27(38)17-26-29-25(12-14-36(26,30)8)35(7)13-11-24(15-23(35)16-28(29)43-22(6)37)44-34-33(41)32(40)31(39)21(5)42-34/h16,18,20-21,24-34,38-41H,3,9-15,17H2,1-2,4-8H3/t20-,21+,24?,25+,26+,27?,28?,29-,30+,31-,32-,33+,34+,35+,36+/m1/s1. The molecule has 3 unspecified atom stereocenters. The highest BCUT2D eigenvalue weighted by Gasteiger charge is 2.64. The number of aliphatic hydroxyl groups is 4. The number of fused-ring (bicyclic) bond motifs is 5. The molecule has 15 atom stereocenters. The normalized spacial score (nSPS) is 47.7. The molecule has 250 valence electrons. The monoisotopic (exact) mass is 618 g/mol. The molecule has 4 fully saturated rings. The number of allylic oxidation sites excluding steroid dienone is 1. The van der Waals surface area contributed by atoms with Gasteiger partial charge in [0.1, 0.15) is 24.4 Å². The molecule has 0 radical (unpaired) electrons. The maximum atomic E-state index is 12.5. The SMILES string of the molecule is C=C(CC[C@@H](C)[C@H]1C(O)C[C@H]2[C@@H]3C(OC(C)=O)C=C4CC(O[C@@H]5O[C@@H](C)[C@@H](O)[C@@H](O)[C@@H]5O)CC[C@]4(C)[C@H]3CC[C@]12C)C(C)C. The number of hydrogen-bond donors (Lipinski definition) is 4. The Morgan fingerprint density at radius 1 is 1.07 bits per heavy atom. The summed E-state index contributed by atoms with van der Waals surface area (Å²) in [4.78, 5) is 12.5. The molecule has 3 saturated carbocycles. The van der Waals surface area contributed by atoms with Crippen molar-refractivity contribution < 1.29 is 39.4 Å². The van der Waals surface area contributed by atoms with Crippen molar-refractivity contribution in [1.29, 1.82) is 0 Å². The van der Waals surface area contributed by atoms with Crippen molar-refractivity contribution in [2.24, 2.45) is 46.3 Å². The molecule has 0 bridgehead atoms. The molecule has 0 aromatic carbocycles. The Balaban J connectivity index is 1.38. The van der Waals surface area contributed by atoms with E-state index < -0.39 is 30.7 Å². The van der Waals surface area contributed by atoms with Crippen LogP contribution in [0.25, 0.3) is 0 Å². The van der Waals surface area contributed by atoms with E-state index in [9.17, 15) is 25.2 Å². The first kappa shape index (κ1) is 34.1. The van der Waals surface area contributed by atoms with Crippen LogP contribution >= 0.6 is 0 Å². The first-order valence-corrected chi connectivity index (χ1v) is 17.2. The van der Waals surface area contributed by atoms with Crippen LogP contribution in [0.5, 0.6) is 0 Å². The van der Waals surface area contributed by atoms with Crippen molar-refractivity contribution in [2.45, 2.75) is 149 Å². The van der Waals surface area contributed by atoms with Gasteiger partial charge in [0.25, 0.3) is 0 Å². The third kappa shape index (κ3) is 5.97. The zero-order valence-corrected chi connectivity index (χ0v) is 27.9. The zero-order chi connectivity index (χ0) is 32.3. The Morgan fingerprint density at radius 2 is 1.77 bits per heavy atom. The Labute approximate surface area is 264 Å². The van der Waals surface area contributed by atoms with Gasteiger partial charge in [-0.3, -0.25) is 4.79 Å². The lowest BCUT2D eigenvalue weighted by Gasteiger charge is -2.60. The Kier molecular flexibility index (Phi) is 9.85. The predicted octanol–water partition coefficient (Wildman–Crippen LogP) is 4.92. The highest BCUT2D eigenvalue weighted by molar-refractivity contribution is 5.66. The van der Waals surface area contributed by atoms with Crippen LogP contribution < -0.4 is 0 Å². The molecule has 8 heteroatoms. The van der Waals surface area contributed by atoms with E-state index in [0.717, 1.165) is 44.9 Å². The van der Waals surface area contributed by atoms with E-state index in [1.807, 2.05) is 0 Å². The molecule has 5 rings (SSSR count). The van der Waals surface area contributed by atoms with Crippen molar-refractivity contribution in [2.75, 3.05) is 0 Å². The number of carbonyl (C=O) groups excluding carboxylic acids is 1. The van der Waals surface area contributed by atoms with Gasteiger partial charge in [0.15, 0.2) is 6.29 Å². The largest absolute Gasteiger partial charge is 0.458 e. The van der Waals surface area contributed by atoms with Crippen molar-refractivity contribution in [3.05, 3.63) is 23.8 Å². The fraction of sp³-hybridized carbons (Fsp3) is 0.861. The number of ether oxygens (including phenoxy) is 3. The van der Waals surface area contributed by atoms with Gasteiger partial charge < -0.3 is 34.6 Å². The molecule has 8 nitrogen and oxygen atoms in total. The minimum atomic E-state index is -1.34. The predicted molar refractivity (Wildman–Crippen MR) is 167 cm³/mol. The molecule has 4 aliphatic carbocycles. The van der Waals surface area contributed by atoms with Gasteiger partial charge in [-0.1, -0.05) is 52.3 Å². The van der Waals surface area contributed by atoms with Gasteiger partial charge in [-0.2, -0.15) is 0 Å². The Morgan fingerprint density at radius 3 is 2.43 bits per heavy atom. The van der Waals surface area contributed by atoms with Crippen LogP contribution in [0.15, 0.2) is 23.8 Å². The quantitative estimate of drug-likeness (QED) is 0.223. The van der Waals surface area contributed by atoms with Crippen molar-refractivity contribution in [1.82, 2.24) is 0 Å². The van der Waals surface area contributed by atoms with Gasteiger partial charge in [0.05, 0.1) is 18.3 Å². The third-order valence-corrected chi connectivity index (χ3v) is 13.0. The molecule has 0 aromatic heterocycles. The molecule has 1 aliphatic heterocycles. The summed E-state index contributed by atoms with van der Waals surface area (Å²) in [7, 11) is 0. The number of rotatable bonds is 8. The van der Waals surface area contributed by atoms with Crippen LogP contribution in [0.1, 0.15) is 99.8 Å². The topological polar surface area (TPSA) is 126 Å². The van der Waals surface area contributed by atoms with E-state index in [1.54, 1.807) is 6.92 Å². The third-order valence-electron chi connectivity index (χ3n) is 13.0. The molecule has 4 N–H and O–H groups in total. The summed E-state index contributed by atoms with van der Waals surface area (Å²) in [6.07, 6.45) is 2.81. The minimum absolute atomic E-state index is 0.0316. The lowest BCUT2D eigenvalue weighted by Crippen LogP contribution is -2.58. The minimum Gasteiger partial charge on any atom is -0.458 e. The van der Waals surface area contributed by atoms with Gasteiger partial charge >= 0.3 is 5.97 Å². The lowest BCUT2D eigenvalue weighted by molar-refractivity contribution is -0.306. The van der Waals surface area contributed by atoms with Crippen LogP contribution in [0.4, 0.5) is 0 Å². The average molecular weight is 619 g/mol. The molecular weight excluding hydrogens is 560 g/mol. The summed E-state index contributed by atoms with van der Waals surface area (Å²) in [5, 5.41) is 42.6. The van der Waals surface area contributed by atoms with E-state index in [0.29, 0.717) is 24.2 Å². The van der Waals surface area contributed by atoms with Gasteiger partial charge in [-0.15, -0.1) is 0 Å². The van der Waals surface area contributed by atoms with Gasteiger partial charge in [0, 0.05) is 12.8 Å². The molecule has 0 spiro atoms. The summed E-state index contributed by atoms with van der Waals surface area (Å²) < 4.78 is 18.1. The lowest BCUT2D eigenvalue weighted by atomic mass is 9.46.